The molecule has 34 heavy (non-hydrogen) atoms. The standard InChI is InChI=1S/C27H22N2O5/c1-32-21-12-7-19(8-13-21)26(30)29-28-17-24-23-6-4-3-5-18(23)11-16-25(24)34-27(31)20-9-14-22(33-2)15-10-20/h3-17H,1-2H3,(H,29,30)/b28-17+. The van der Waals surface area contributed by atoms with Crippen molar-refractivity contribution in [1.82, 2.24) is 5.43 Å². The molecule has 0 aliphatic carbocycles. The number of benzene rings is 4. The smallest absolute Gasteiger partial charge is 0.343 e. The molecular formula is C27H22N2O5. The number of nitrogens with one attached hydrogen (secondary N) is 1. The summed E-state index contributed by atoms with van der Waals surface area (Å²) in [6.45, 7) is 0. The summed E-state index contributed by atoms with van der Waals surface area (Å²) in [5, 5.41) is 5.87. The minimum atomic E-state index is -0.519. The second-order valence-corrected chi connectivity index (χ2v) is 7.24. The van der Waals surface area contributed by atoms with Gasteiger partial charge in [0, 0.05) is 11.1 Å². The zero-order valence-electron chi connectivity index (χ0n) is 18.6. The molecule has 0 aliphatic heterocycles. The van der Waals surface area contributed by atoms with Crippen LogP contribution in [-0.4, -0.2) is 32.3 Å². The van der Waals surface area contributed by atoms with E-state index in [-0.39, 0.29) is 5.91 Å². The molecule has 0 saturated heterocycles. The number of esters is 1. The van der Waals surface area contributed by atoms with Crippen LogP contribution in [0, 0.1) is 0 Å². The first-order chi connectivity index (χ1) is 16.6. The average molecular weight is 454 g/mol. The minimum Gasteiger partial charge on any atom is -0.497 e. The number of fused-ring (bicyclic) bond motifs is 1. The van der Waals surface area contributed by atoms with E-state index in [9.17, 15) is 9.59 Å². The Kier molecular flexibility index (Phi) is 6.84. The molecule has 0 bridgehead atoms. The zero-order valence-corrected chi connectivity index (χ0v) is 18.6. The molecule has 0 unspecified atom stereocenters. The normalized spacial score (nSPS) is 10.8. The molecule has 170 valence electrons. The van der Waals surface area contributed by atoms with Gasteiger partial charge in [0.2, 0.25) is 0 Å². The number of hydrazone groups is 1. The lowest BCUT2D eigenvalue weighted by molar-refractivity contribution is 0.0734. The highest BCUT2D eigenvalue weighted by atomic mass is 16.5. The monoisotopic (exact) mass is 454 g/mol. The van der Waals surface area contributed by atoms with Crippen molar-refractivity contribution < 1.29 is 23.8 Å². The summed E-state index contributed by atoms with van der Waals surface area (Å²) in [5.74, 6) is 0.717. The predicted molar refractivity (Wildman–Crippen MR) is 130 cm³/mol. The van der Waals surface area contributed by atoms with Crippen molar-refractivity contribution in [1.29, 1.82) is 0 Å². The van der Waals surface area contributed by atoms with Crippen molar-refractivity contribution in [2.24, 2.45) is 5.10 Å². The van der Waals surface area contributed by atoms with Crippen molar-refractivity contribution in [2.75, 3.05) is 14.2 Å². The van der Waals surface area contributed by atoms with Crippen LogP contribution in [0.2, 0.25) is 0 Å². The highest BCUT2D eigenvalue weighted by Gasteiger charge is 2.14. The highest BCUT2D eigenvalue weighted by Crippen LogP contribution is 2.27. The number of nitrogens with zero attached hydrogens (tertiary/aromatic N) is 1. The second-order valence-electron chi connectivity index (χ2n) is 7.24. The van der Waals surface area contributed by atoms with Gasteiger partial charge < -0.3 is 14.2 Å². The van der Waals surface area contributed by atoms with Gasteiger partial charge in [-0.25, -0.2) is 10.2 Å². The number of rotatable bonds is 7. The number of carbonyl (C=O) groups excluding carboxylic acids is 2. The highest BCUT2D eigenvalue weighted by molar-refractivity contribution is 6.04. The van der Waals surface area contributed by atoms with E-state index in [2.05, 4.69) is 10.5 Å². The molecule has 0 saturated carbocycles. The maximum Gasteiger partial charge on any atom is 0.343 e. The molecule has 7 heteroatoms. The molecule has 0 heterocycles. The van der Waals surface area contributed by atoms with Gasteiger partial charge in [0.25, 0.3) is 5.91 Å². The third kappa shape index (κ3) is 5.05. The molecule has 0 spiro atoms. The van der Waals surface area contributed by atoms with Gasteiger partial charge in [0.15, 0.2) is 0 Å². The maximum atomic E-state index is 12.7. The van der Waals surface area contributed by atoms with Gasteiger partial charge in [-0.2, -0.15) is 5.10 Å². The van der Waals surface area contributed by atoms with Crippen molar-refractivity contribution in [3.8, 4) is 17.2 Å². The molecule has 0 fully saturated rings. The Labute approximate surface area is 196 Å². The topological polar surface area (TPSA) is 86.2 Å². The Balaban J connectivity index is 1.58. The Morgan fingerprint density at radius 3 is 2.03 bits per heavy atom. The Hall–Kier alpha value is -4.65. The summed E-state index contributed by atoms with van der Waals surface area (Å²) in [5.41, 5.74) is 3.89. The number of hydrogen-bond acceptors (Lipinski definition) is 6. The van der Waals surface area contributed by atoms with E-state index >= 15 is 0 Å². The van der Waals surface area contributed by atoms with Crippen LogP contribution in [0.3, 0.4) is 0 Å². The van der Waals surface area contributed by atoms with Crippen molar-refractivity contribution in [3.05, 3.63) is 102 Å². The van der Waals surface area contributed by atoms with E-state index in [1.807, 2.05) is 30.3 Å². The Morgan fingerprint density at radius 2 is 1.38 bits per heavy atom. The van der Waals surface area contributed by atoms with Crippen LogP contribution in [0.4, 0.5) is 0 Å². The van der Waals surface area contributed by atoms with E-state index in [4.69, 9.17) is 14.2 Å². The molecule has 4 aromatic rings. The average Bonchev–Trinajstić information content (AvgIpc) is 2.89. The third-order valence-corrected chi connectivity index (χ3v) is 5.17. The van der Waals surface area contributed by atoms with Crippen LogP contribution >= 0.6 is 0 Å². The first kappa shape index (κ1) is 22.5. The fourth-order valence-electron chi connectivity index (χ4n) is 3.35. The van der Waals surface area contributed by atoms with Crippen molar-refractivity contribution >= 4 is 28.9 Å². The fourth-order valence-corrected chi connectivity index (χ4v) is 3.35. The van der Waals surface area contributed by atoms with Crippen LogP contribution in [0.1, 0.15) is 26.3 Å². The predicted octanol–water partition coefficient (Wildman–Crippen LogP) is 4.84. The number of methoxy groups -OCH3 is 2. The van der Waals surface area contributed by atoms with E-state index in [1.165, 1.54) is 6.21 Å². The van der Waals surface area contributed by atoms with Gasteiger partial charge in [0.05, 0.1) is 26.0 Å². The number of ether oxygens (including phenoxy) is 3. The SMILES string of the molecule is COc1ccc(C(=O)N/N=C/c2c(OC(=O)c3ccc(OC)cc3)ccc3ccccc23)cc1. The molecule has 0 aromatic heterocycles. The van der Waals surface area contributed by atoms with E-state index in [0.29, 0.717) is 33.9 Å². The molecule has 0 radical (unpaired) electrons. The van der Waals surface area contributed by atoms with Crippen LogP contribution in [-0.2, 0) is 0 Å². The summed E-state index contributed by atoms with van der Waals surface area (Å²) < 4.78 is 15.9. The molecular weight excluding hydrogens is 432 g/mol. The molecule has 7 nitrogen and oxygen atoms in total. The van der Waals surface area contributed by atoms with Crippen LogP contribution in [0.5, 0.6) is 17.2 Å². The van der Waals surface area contributed by atoms with Gasteiger partial charge >= 0.3 is 5.97 Å². The number of hydrogen-bond donors (Lipinski definition) is 1. The van der Waals surface area contributed by atoms with Gasteiger partial charge in [-0.1, -0.05) is 30.3 Å². The molecule has 1 N–H and O–H groups in total. The van der Waals surface area contributed by atoms with E-state index in [1.54, 1.807) is 68.8 Å². The maximum absolute atomic E-state index is 12.7. The molecule has 0 atom stereocenters. The van der Waals surface area contributed by atoms with E-state index in [0.717, 1.165) is 10.8 Å². The van der Waals surface area contributed by atoms with Crippen LogP contribution < -0.4 is 19.6 Å². The Morgan fingerprint density at radius 1 is 0.765 bits per heavy atom. The largest absolute Gasteiger partial charge is 0.497 e. The number of carbonyl (C=O) groups is 2. The number of amides is 1. The summed E-state index contributed by atoms with van der Waals surface area (Å²) in [6, 6.07) is 24.5. The van der Waals surface area contributed by atoms with Gasteiger partial charge in [-0.05, 0) is 65.4 Å². The first-order valence-corrected chi connectivity index (χ1v) is 10.4. The molecule has 4 rings (SSSR count). The minimum absolute atomic E-state index is 0.321. The van der Waals surface area contributed by atoms with Crippen LogP contribution in [0.25, 0.3) is 10.8 Å². The molecule has 1 amide bonds. The van der Waals surface area contributed by atoms with Gasteiger partial charge in [-0.3, -0.25) is 4.79 Å². The summed E-state index contributed by atoms with van der Waals surface area (Å²) in [7, 11) is 3.12. The van der Waals surface area contributed by atoms with Crippen molar-refractivity contribution in [3.63, 3.8) is 0 Å². The second kappa shape index (κ2) is 10.3. The lowest BCUT2D eigenvalue weighted by Crippen LogP contribution is -2.17. The third-order valence-electron chi connectivity index (χ3n) is 5.17. The quantitative estimate of drug-likeness (QED) is 0.187. The van der Waals surface area contributed by atoms with Gasteiger partial charge in [-0.15, -0.1) is 0 Å². The summed E-state index contributed by atoms with van der Waals surface area (Å²) in [4.78, 5) is 25.2. The van der Waals surface area contributed by atoms with E-state index < -0.39 is 5.97 Å². The van der Waals surface area contributed by atoms with Crippen molar-refractivity contribution in [2.45, 2.75) is 0 Å². The first-order valence-electron chi connectivity index (χ1n) is 10.4. The summed E-state index contributed by atoms with van der Waals surface area (Å²) in [6.07, 6.45) is 1.47. The zero-order chi connectivity index (χ0) is 23.9. The van der Waals surface area contributed by atoms with Crippen LogP contribution in [0.15, 0.2) is 90.0 Å². The lowest BCUT2D eigenvalue weighted by atomic mass is 10.0. The Bertz CT molecular complexity index is 1350. The summed E-state index contributed by atoms with van der Waals surface area (Å²) >= 11 is 0. The fraction of sp³-hybridized carbons (Fsp3) is 0.0741. The van der Waals surface area contributed by atoms with Gasteiger partial charge in [0.1, 0.15) is 17.2 Å². The lowest BCUT2D eigenvalue weighted by Gasteiger charge is -2.11. The molecule has 0 aliphatic rings. The molecule has 4 aromatic carbocycles.